The van der Waals surface area contributed by atoms with E-state index >= 15 is 0 Å². The number of anilines is 2. The van der Waals surface area contributed by atoms with Crippen LogP contribution in [0.2, 0.25) is 0 Å². The fourth-order valence-corrected chi connectivity index (χ4v) is 5.58. The van der Waals surface area contributed by atoms with Crippen LogP contribution in [0.25, 0.3) is 11.1 Å². The summed E-state index contributed by atoms with van der Waals surface area (Å²) in [5.41, 5.74) is 4.17. The zero-order chi connectivity index (χ0) is 25.9. The smallest absolute Gasteiger partial charge is 0.234 e. The summed E-state index contributed by atoms with van der Waals surface area (Å²) in [5, 5.41) is 22.1. The summed E-state index contributed by atoms with van der Waals surface area (Å²) in [4.78, 5) is 9.38. The first kappa shape index (κ1) is 25.2. The van der Waals surface area contributed by atoms with Gasteiger partial charge in [-0.15, -0.1) is 0 Å². The standard InChI is InChI=1S/C28H29N3O4S/c1-4-5-11-24-25(31(3)21-9-7-6-8-10-21)26(32)27(28(33)30-24)36(34,35)22-14-12-20(13-15-22)23-16-17-29-18-19(23)2/h6-10,12-18H,4-5,11H2,1-3H3,(H2,30,32,33). The summed E-state index contributed by atoms with van der Waals surface area (Å²) in [6.07, 6.45) is 5.54. The Balaban J connectivity index is 1.83. The van der Waals surface area contributed by atoms with Crippen LogP contribution in [0.3, 0.4) is 0 Å². The first-order valence-corrected chi connectivity index (χ1v) is 13.2. The van der Waals surface area contributed by atoms with Gasteiger partial charge >= 0.3 is 0 Å². The van der Waals surface area contributed by atoms with Gasteiger partial charge in [-0.3, -0.25) is 4.98 Å². The van der Waals surface area contributed by atoms with Gasteiger partial charge < -0.3 is 15.1 Å². The third kappa shape index (κ3) is 4.77. The number of benzene rings is 2. The van der Waals surface area contributed by atoms with Gasteiger partial charge in [-0.05, 0) is 66.8 Å². The minimum Gasteiger partial charge on any atom is -0.504 e. The van der Waals surface area contributed by atoms with Gasteiger partial charge in [0.15, 0.2) is 10.6 Å². The van der Waals surface area contributed by atoms with Gasteiger partial charge in [0.25, 0.3) is 0 Å². The van der Waals surface area contributed by atoms with E-state index in [1.165, 1.54) is 12.1 Å². The molecule has 2 N–H and O–H groups in total. The normalized spacial score (nSPS) is 11.4. The molecule has 0 aliphatic heterocycles. The van der Waals surface area contributed by atoms with Gasteiger partial charge in [0.1, 0.15) is 5.69 Å². The molecular weight excluding hydrogens is 474 g/mol. The van der Waals surface area contributed by atoms with Gasteiger partial charge in [0.2, 0.25) is 15.7 Å². The number of aromatic hydroxyl groups is 2. The minimum absolute atomic E-state index is 0.0556. The van der Waals surface area contributed by atoms with E-state index in [0.29, 0.717) is 12.1 Å². The number of hydrogen-bond donors (Lipinski definition) is 2. The first-order valence-electron chi connectivity index (χ1n) is 11.8. The average Bonchev–Trinajstić information content (AvgIpc) is 2.87. The lowest BCUT2D eigenvalue weighted by Crippen LogP contribution is -2.15. The highest BCUT2D eigenvalue weighted by molar-refractivity contribution is 7.91. The lowest BCUT2D eigenvalue weighted by atomic mass is 10.0. The topological polar surface area (TPSA) is 104 Å². The SMILES string of the molecule is CCCCc1nc(O)c(S(=O)(=O)c2ccc(-c3ccncc3C)cc2)c(O)c1N(C)c1ccccc1. The van der Waals surface area contributed by atoms with E-state index in [-0.39, 0.29) is 10.6 Å². The maximum Gasteiger partial charge on any atom is 0.234 e. The second-order valence-corrected chi connectivity index (χ2v) is 10.5. The number of hydrogen-bond acceptors (Lipinski definition) is 7. The predicted octanol–water partition coefficient (Wildman–Crippen LogP) is 5.81. The van der Waals surface area contributed by atoms with Gasteiger partial charge in [-0.25, -0.2) is 13.4 Å². The molecule has 0 aliphatic carbocycles. The van der Waals surface area contributed by atoms with Gasteiger partial charge in [-0.1, -0.05) is 43.7 Å². The molecule has 0 atom stereocenters. The average molecular weight is 504 g/mol. The van der Waals surface area contributed by atoms with Crippen LogP contribution < -0.4 is 4.90 Å². The Morgan fingerprint density at radius 1 is 0.972 bits per heavy atom. The summed E-state index contributed by atoms with van der Waals surface area (Å²) in [5.74, 6) is -1.23. The van der Waals surface area contributed by atoms with E-state index in [2.05, 4.69) is 9.97 Å². The van der Waals surface area contributed by atoms with Crippen molar-refractivity contribution in [3.05, 3.63) is 84.3 Å². The highest BCUT2D eigenvalue weighted by atomic mass is 32.2. The molecule has 2 aromatic heterocycles. The zero-order valence-corrected chi connectivity index (χ0v) is 21.3. The molecule has 4 aromatic rings. The number of unbranched alkanes of at least 4 members (excludes halogenated alkanes) is 1. The summed E-state index contributed by atoms with van der Waals surface area (Å²) in [6.45, 7) is 3.95. The molecule has 0 saturated carbocycles. The van der Waals surface area contributed by atoms with E-state index in [4.69, 9.17) is 0 Å². The van der Waals surface area contributed by atoms with Crippen molar-refractivity contribution in [1.82, 2.24) is 9.97 Å². The molecule has 186 valence electrons. The maximum absolute atomic E-state index is 13.6. The Bertz CT molecular complexity index is 1470. The van der Waals surface area contributed by atoms with E-state index < -0.39 is 26.4 Å². The highest BCUT2D eigenvalue weighted by Crippen LogP contribution is 2.45. The summed E-state index contributed by atoms with van der Waals surface area (Å²) in [7, 11) is -2.55. The highest BCUT2D eigenvalue weighted by Gasteiger charge is 2.32. The summed E-state index contributed by atoms with van der Waals surface area (Å²) >= 11 is 0. The van der Waals surface area contributed by atoms with Crippen LogP contribution in [0.4, 0.5) is 11.4 Å². The number of aryl methyl sites for hydroxylation is 2. The largest absolute Gasteiger partial charge is 0.504 e. The number of sulfone groups is 1. The van der Waals surface area contributed by atoms with E-state index in [1.54, 1.807) is 36.5 Å². The van der Waals surface area contributed by atoms with Crippen LogP contribution in [0.15, 0.2) is 82.8 Å². The number of pyridine rings is 2. The van der Waals surface area contributed by atoms with E-state index in [9.17, 15) is 18.6 Å². The van der Waals surface area contributed by atoms with Crippen molar-refractivity contribution in [3.8, 4) is 22.8 Å². The van der Waals surface area contributed by atoms with E-state index in [0.717, 1.165) is 35.2 Å². The quantitative estimate of drug-likeness (QED) is 0.313. The molecule has 0 unspecified atom stereocenters. The summed E-state index contributed by atoms with van der Waals surface area (Å²) < 4.78 is 27.3. The maximum atomic E-state index is 13.6. The van der Waals surface area contributed by atoms with E-state index in [1.807, 2.05) is 50.2 Å². The van der Waals surface area contributed by atoms with Crippen LogP contribution >= 0.6 is 0 Å². The summed E-state index contributed by atoms with van der Waals surface area (Å²) in [6, 6.07) is 17.5. The van der Waals surface area contributed by atoms with Gasteiger partial charge in [-0.2, -0.15) is 0 Å². The molecule has 0 aliphatic rings. The van der Waals surface area contributed by atoms with Gasteiger partial charge in [0.05, 0.1) is 10.6 Å². The van der Waals surface area contributed by atoms with Crippen LogP contribution in [-0.4, -0.2) is 35.6 Å². The van der Waals surface area contributed by atoms with Crippen molar-refractivity contribution < 1.29 is 18.6 Å². The van der Waals surface area contributed by atoms with Crippen molar-refractivity contribution in [2.75, 3.05) is 11.9 Å². The van der Waals surface area contributed by atoms with Gasteiger partial charge in [0, 0.05) is 25.1 Å². The Morgan fingerprint density at radius 2 is 1.67 bits per heavy atom. The molecule has 0 fully saturated rings. The Hall–Kier alpha value is -3.91. The molecule has 7 nitrogen and oxygen atoms in total. The molecule has 0 saturated heterocycles. The fourth-order valence-electron chi connectivity index (χ4n) is 4.21. The number of nitrogens with zero attached hydrogens (tertiary/aromatic N) is 3. The molecule has 36 heavy (non-hydrogen) atoms. The number of rotatable bonds is 8. The third-order valence-electron chi connectivity index (χ3n) is 6.17. The third-order valence-corrected chi connectivity index (χ3v) is 7.97. The Morgan fingerprint density at radius 3 is 2.31 bits per heavy atom. The number of para-hydroxylation sites is 1. The van der Waals surface area contributed by atoms with Crippen molar-refractivity contribution in [3.63, 3.8) is 0 Å². The molecule has 2 heterocycles. The number of aromatic nitrogens is 2. The Labute approximate surface area is 211 Å². The lowest BCUT2D eigenvalue weighted by molar-refractivity contribution is 0.405. The molecule has 2 aromatic carbocycles. The van der Waals surface area contributed by atoms with Crippen molar-refractivity contribution in [1.29, 1.82) is 0 Å². The monoisotopic (exact) mass is 503 g/mol. The van der Waals surface area contributed by atoms with Crippen molar-refractivity contribution in [2.45, 2.75) is 42.9 Å². The van der Waals surface area contributed by atoms with Crippen LogP contribution in [0.5, 0.6) is 11.6 Å². The molecule has 4 rings (SSSR count). The van der Waals surface area contributed by atoms with Crippen molar-refractivity contribution >= 4 is 21.2 Å². The molecule has 8 heteroatoms. The van der Waals surface area contributed by atoms with Crippen LogP contribution in [-0.2, 0) is 16.3 Å². The second kappa shape index (κ2) is 10.4. The second-order valence-electron chi connectivity index (χ2n) is 8.62. The molecular formula is C28H29N3O4S. The van der Waals surface area contributed by atoms with Crippen LogP contribution in [0.1, 0.15) is 31.0 Å². The molecule has 0 bridgehead atoms. The first-order chi connectivity index (χ1) is 17.3. The fraction of sp³-hybridized carbons (Fsp3) is 0.214. The Kier molecular flexibility index (Phi) is 7.26. The predicted molar refractivity (Wildman–Crippen MR) is 141 cm³/mol. The van der Waals surface area contributed by atoms with Crippen LogP contribution in [0, 0.1) is 6.92 Å². The molecule has 0 amide bonds. The lowest BCUT2D eigenvalue weighted by Gasteiger charge is -2.25. The minimum atomic E-state index is -4.29. The van der Waals surface area contributed by atoms with Crippen molar-refractivity contribution in [2.24, 2.45) is 0 Å². The molecule has 0 radical (unpaired) electrons. The molecule has 0 spiro atoms. The zero-order valence-electron chi connectivity index (χ0n) is 20.5.